The average molecular weight is 246 g/mol. The summed E-state index contributed by atoms with van der Waals surface area (Å²) in [4.78, 5) is 0. The van der Waals surface area contributed by atoms with Crippen LogP contribution in [0.5, 0.6) is 17.2 Å². The minimum absolute atomic E-state index is 0. The van der Waals surface area contributed by atoms with Gasteiger partial charge in [-0.25, -0.2) is 0 Å². The van der Waals surface area contributed by atoms with Gasteiger partial charge in [-0.1, -0.05) is 6.42 Å². The lowest BCUT2D eigenvalue weighted by Gasteiger charge is -2.25. The molecule has 1 aliphatic rings. The second kappa shape index (κ2) is 5.27. The maximum atomic E-state index is 9.66. The van der Waals surface area contributed by atoms with E-state index in [1.54, 1.807) is 0 Å². The van der Waals surface area contributed by atoms with Crippen LogP contribution in [0.1, 0.15) is 30.9 Å². The second-order valence-electron chi connectivity index (χ2n) is 3.90. The number of aromatic hydroxyl groups is 3. The summed E-state index contributed by atoms with van der Waals surface area (Å²) in [6, 6.07) is 2.50. The highest BCUT2D eigenvalue weighted by atomic mass is 35.5. The Hall–Kier alpha value is -1.13. The molecule has 1 atom stereocenters. The summed E-state index contributed by atoms with van der Waals surface area (Å²) in [5, 5.41) is 31.7. The van der Waals surface area contributed by atoms with Crippen LogP contribution in [-0.2, 0) is 0 Å². The molecule has 0 spiro atoms. The summed E-state index contributed by atoms with van der Waals surface area (Å²) in [6.07, 6.45) is 3.10. The van der Waals surface area contributed by atoms with Crippen LogP contribution >= 0.6 is 12.4 Å². The third-order valence-electron chi connectivity index (χ3n) is 2.78. The molecule has 0 unspecified atom stereocenters. The fourth-order valence-electron chi connectivity index (χ4n) is 2.06. The molecule has 1 heterocycles. The Balaban J connectivity index is 0.00000128. The fourth-order valence-corrected chi connectivity index (χ4v) is 2.06. The van der Waals surface area contributed by atoms with Gasteiger partial charge in [-0.3, -0.25) is 0 Å². The molecular weight excluding hydrogens is 230 g/mol. The zero-order chi connectivity index (χ0) is 10.8. The van der Waals surface area contributed by atoms with Gasteiger partial charge >= 0.3 is 0 Å². The van der Waals surface area contributed by atoms with Crippen LogP contribution in [0.25, 0.3) is 0 Å². The average Bonchev–Trinajstić information content (AvgIpc) is 2.17. The normalized spacial score (nSPS) is 20.1. The van der Waals surface area contributed by atoms with Gasteiger partial charge in [0.05, 0.1) is 5.56 Å². The van der Waals surface area contributed by atoms with Crippen LogP contribution in [0, 0.1) is 0 Å². The van der Waals surface area contributed by atoms with E-state index in [9.17, 15) is 15.3 Å². The van der Waals surface area contributed by atoms with Gasteiger partial charge in [-0.2, -0.15) is 0 Å². The molecule has 0 aliphatic carbocycles. The number of hydrogen-bond acceptors (Lipinski definition) is 4. The van der Waals surface area contributed by atoms with Crippen molar-refractivity contribution in [3.8, 4) is 17.2 Å². The maximum absolute atomic E-state index is 9.66. The van der Waals surface area contributed by atoms with E-state index >= 15 is 0 Å². The number of rotatable bonds is 1. The third-order valence-corrected chi connectivity index (χ3v) is 2.78. The van der Waals surface area contributed by atoms with Crippen LogP contribution in [0.2, 0.25) is 0 Å². The Morgan fingerprint density at radius 2 is 1.69 bits per heavy atom. The van der Waals surface area contributed by atoms with Crippen LogP contribution < -0.4 is 5.32 Å². The van der Waals surface area contributed by atoms with Crippen molar-refractivity contribution in [2.24, 2.45) is 0 Å². The topological polar surface area (TPSA) is 72.7 Å². The highest BCUT2D eigenvalue weighted by Crippen LogP contribution is 2.39. The molecule has 5 heteroatoms. The number of piperidine rings is 1. The minimum atomic E-state index is -0.121. The first-order chi connectivity index (χ1) is 7.18. The molecule has 4 N–H and O–H groups in total. The Labute approximate surface area is 100 Å². The predicted octanol–water partition coefficient (Wildman–Crippen LogP) is 2.04. The van der Waals surface area contributed by atoms with E-state index in [-0.39, 0.29) is 35.7 Å². The molecule has 1 aromatic rings. The number of halogens is 1. The smallest absolute Gasteiger partial charge is 0.127 e. The minimum Gasteiger partial charge on any atom is -0.508 e. The fraction of sp³-hybridized carbons (Fsp3) is 0.455. The van der Waals surface area contributed by atoms with Gasteiger partial charge in [0.15, 0.2) is 0 Å². The largest absolute Gasteiger partial charge is 0.508 e. The highest BCUT2D eigenvalue weighted by Gasteiger charge is 2.21. The van der Waals surface area contributed by atoms with E-state index in [1.165, 1.54) is 12.1 Å². The van der Waals surface area contributed by atoms with E-state index in [4.69, 9.17) is 0 Å². The van der Waals surface area contributed by atoms with Crippen molar-refractivity contribution >= 4 is 12.4 Å². The third kappa shape index (κ3) is 2.51. The van der Waals surface area contributed by atoms with Gasteiger partial charge in [0.25, 0.3) is 0 Å². The summed E-state index contributed by atoms with van der Waals surface area (Å²) in [5.41, 5.74) is 0.493. The Morgan fingerprint density at radius 3 is 2.19 bits per heavy atom. The first-order valence-electron chi connectivity index (χ1n) is 5.16. The van der Waals surface area contributed by atoms with Crippen LogP contribution in [-0.4, -0.2) is 21.9 Å². The van der Waals surface area contributed by atoms with E-state index in [1.807, 2.05) is 0 Å². The number of phenols is 3. The highest BCUT2D eigenvalue weighted by molar-refractivity contribution is 5.85. The lowest BCUT2D eigenvalue weighted by molar-refractivity contribution is 0.366. The standard InChI is InChI=1S/C11H15NO3.ClH/c13-7-5-9(14)11(10(15)6-7)8-3-1-2-4-12-8;/h5-6,8,12-15H,1-4H2;1H/t8-;/m1./s1. The molecule has 0 aromatic heterocycles. The maximum Gasteiger partial charge on any atom is 0.127 e. The van der Waals surface area contributed by atoms with Gasteiger partial charge in [0.2, 0.25) is 0 Å². The van der Waals surface area contributed by atoms with Gasteiger partial charge in [-0.05, 0) is 19.4 Å². The molecule has 4 nitrogen and oxygen atoms in total. The van der Waals surface area contributed by atoms with E-state index in [0.29, 0.717) is 5.56 Å². The van der Waals surface area contributed by atoms with Crippen molar-refractivity contribution < 1.29 is 15.3 Å². The van der Waals surface area contributed by atoms with Crippen molar-refractivity contribution in [2.75, 3.05) is 6.54 Å². The Morgan fingerprint density at radius 1 is 1.06 bits per heavy atom. The number of nitrogens with one attached hydrogen (secondary N) is 1. The van der Waals surface area contributed by atoms with Crippen LogP contribution in [0.4, 0.5) is 0 Å². The predicted molar refractivity (Wildman–Crippen MR) is 63.3 cm³/mol. The molecule has 2 rings (SSSR count). The number of hydrogen-bond donors (Lipinski definition) is 4. The molecule has 0 amide bonds. The van der Waals surface area contributed by atoms with Crippen molar-refractivity contribution in [1.29, 1.82) is 0 Å². The van der Waals surface area contributed by atoms with Crippen molar-refractivity contribution in [3.63, 3.8) is 0 Å². The van der Waals surface area contributed by atoms with Crippen LogP contribution in [0.3, 0.4) is 0 Å². The van der Waals surface area contributed by atoms with Gasteiger partial charge in [0.1, 0.15) is 17.2 Å². The molecule has 1 aliphatic heterocycles. The van der Waals surface area contributed by atoms with Gasteiger partial charge in [0, 0.05) is 18.2 Å². The summed E-state index contributed by atoms with van der Waals surface area (Å²) in [5.74, 6) is -0.219. The molecular formula is C11H16ClNO3. The zero-order valence-electron chi connectivity index (χ0n) is 8.81. The second-order valence-corrected chi connectivity index (χ2v) is 3.90. The number of benzene rings is 1. The SMILES string of the molecule is Cl.Oc1cc(O)c([C@H]2CCCCN2)c(O)c1. The number of phenolic OH excluding ortho intramolecular Hbond substituents is 3. The first-order valence-corrected chi connectivity index (χ1v) is 5.16. The lowest BCUT2D eigenvalue weighted by atomic mass is 9.96. The van der Waals surface area contributed by atoms with Crippen molar-refractivity contribution in [1.82, 2.24) is 5.32 Å². The first kappa shape index (κ1) is 12.9. The summed E-state index contributed by atoms with van der Waals surface area (Å²) < 4.78 is 0. The van der Waals surface area contributed by atoms with E-state index in [0.717, 1.165) is 25.8 Å². The molecule has 90 valence electrons. The Bertz CT molecular complexity index is 341. The lowest BCUT2D eigenvalue weighted by Crippen LogP contribution is -2.26. The Kier molecular flexibility index (Phi) is 4.26. The molecule has 1 saturated heterocycles. The van der Waals surface area contributed by atoms with Gasteiger partial charge < -0.3 is 20.6 Å². The van der Waals surface area contributed by atoms with Crippen molar-refractivity contribution in [2.45, 2.75) is 25.3 Å². The van der Waals surface area contributed by atoms with Gasteiger partial charge in [-0.15, -0.1) is 12.4 Å². The summed E-state index contributed by atoms with van der Waals surface area (Å²) in [6.45, 7) is 0.893. The molecule has 1 aromatic carbocycles. The molecule has 0 radical (unpaired) electrons. The molecule has 0 saturated carbocycles. The van der Waals surface area contributed by atoms with Crippen LogP contribution in [0.15, 0.2) is 12.1 Å². The summed E-state index contributed by atoms with van der Waals surface area (Å²) in [7, 11) is 0. The van der Waals surface area contributed by atoms with E-state index < -0.39 is 0 Å². The quantitative estimate of drug-likeness (QED) is 0.611. The summed E-state index contributed by atoms with van der Waals surface area (Å²) >= 11 is 0. The van der Waals surface area contributed by atoms with Crippen molar-refractivity contribution in [3.05, 3.63) is 17.7 Å². The zero-order valence-corrected chi connectivity index (χ0v) is 9.63. The molecule has 0 bridgehead atoms. The molecule has 16 heavy (non-hydrogen) atoms. The molecule has 1 fully saturated rings. The monoisotopic (exact) mass is 245 g/mol. The van der Waals surface area contributed by atoms with E-state index in [2.05, 4.69) is 5.32 Å².